The Morgan fingerprint density at radius 2 is 1.91 bits per heavy atom. The first-order valence-electron chi connectivity index (χ1n) is 3.16. The summed E-state index contributed by atoms with van der Waals surface area (Å²) in [6, 6.07) is 0. The molecule has 0 heterocycles. The first-order valence-corrected chi connectivity index (χ1v) is 4.50. The zero-order chi connectivity index (χ0) is 8.04. The molecule has 4 nitrogen and oxygen atoms in total. The maximum absolute atomic E-state index is 9.82. The Morgan fingerprint density at radius 1 is 1.36 bits per heavy atom. The minimum absolute atomic E-state index is 0. The van der Waals surface area contributed by atoms with Crippen LogP contribution >= 0.6 is 0 Å². The van der Waals surface area contributed by atoms with Crippen molar-refractivity contribution in [3.63, 3.8) is 0 Å². The molecule has 0 aliphatic heterocycles. The van der Waals surface area contributed by atoms with Crippen LogP contribution in [-0.2, 0) is 14.6 Å². The molecule has 62 valence electrons. The fourth-order valence-electron chi connectivity index (χ4n) is 0.513. The van der Waals surface area contributed by atoms with E-state index in [1.54, 1.807) is 0 Å². The predicted octanol–water partition coefficient (Wildman–Crippen LogP) is -2.34. The zero-order valence-corrected chi connectivity index (χ0v) is 10.8. The molecule has 0 aliphatic rings. The molecule has 0 spiro atoms. The van der Waals surface area contributed by atoms with Gasteiger partial charge >= 0.3 is 51.4 Å². The molecular formula is C5H11KO4S. The minimum atomic E-state index is -4.45. The van der Waals surface area contributed by atoms with Gasteiger partial charge in [0.2, 0.25) is 10.4 Å². The largest absolute Gasteiger partial charge is 1.00 e. The predicted molar refractivity (Wildman–Crippen MR) is 35.2 cm³/mol. The van der Waals surface area contributed by atoms with E-state index in [9.17, 15) is 13.0 Å². The van der Waals surface area contributed by atoms with Gasteiger partial charge in [-0.2, -0.15) is 0 Å². The SMILES string of the molecule is CCCCCOS(=O)(=O)[O-].[K+]. The quantitative estimate of drug-likeness (QED) is 0.219. The van der Waals surface area contributed by atoms with Gasteiger partial charge in [0.1, 0.15) is 0 Å². The van der Waals surface area contributed by atoms with Crippen LogP contribution in [-0.4, -0.2) is 19.6 Å². The Labute approximate surface area is 110 Å². The van der Waals surface area contributed by atoms with Crippen LogP contribution in [0.15, 0.2) is 0 Å². The summed E-state index contributed by atoms with van der Waals surface area (Å²) >= 11 is 0. The molecule has 0 aliphatic carbocycles. The molecule has 0 aromatic heterocycles. The summed E-state index contributed by atoms with van der Waals surface area (Å²) in [5.41, 5.74) is 0. The Hall–Kier alpha value is 1.51. The van der Waals surface area contributed by atoms with Crippen LogP contribution in [0.1, 0.15) is 26.2 Å². The molecule has 0 amide bonds. The van der Waals surface area contributed by atoms with Crippen LogP contribution in [0.3, 0.4) is 0 Å². The average molecular weight is 206 g/mol. The van der Waals surface area contributed by atoms with Crippen molar-refractivity contribution in [2.75, 3.05) is 6.61 Å². The van der Waals surface area contributed by atoms with E-state index in [0.29, 0.717) is 6.42 Å². The van der Waals surface area contributed by atoms with E-state index >= 15 is 0 Å². The van der Waals surface area contributed by atoms with Crippen LogP contribution < -0.4 is 51.4 Å². The normalized spacial score (nSPS) is 10.7. The summed E-state index contributed by atoms with van der Waals surface area (Å²) in [6.45, 7) is 1.99. The smallest absolute Gasteiger partial charge is 0.726 e. The number of hydrogen-bond acceptors (Lipinski definition) is 4. The zero-order valence-electron chi connectivity index (χ0n) is 6.87. The van der Waals surface area contributed by atoms with Crippen molar-refractivity contribution in [1.82, 2.24) is 0 Å². The van der Waals surface area contributed by atoms with E-state index < -0.39 is 10.4 Å². The molecule has 0 aromatic carbocycles. The molecule has 0 bridgehead atoms. The summed E-state index contributed by atoms with van der Waals surface area (Å²) < 4.78 is 33.4. The summed E-state index contributed by atoms with van der Waals surface area (Å²) in [5.74, 6) is 0. The van der Waals surface area contributed by atoms with E-state index in [-0.39, 0.29) is 58.0 Å². The fraction of sp³-hybridized carbons (Fsp3) is 1.00. The van der Waals surface area contributed by atoms with Crippen molar-refractivity contribution in [2.24, 2.45) is 0 Å². The van der Waals surface area contributed by atoms with E-state index in [4.69, 9.17) is 0 Å². The summed E-state index contributed by atoms with van der Waals surface area (Å²) in [4.78, 5) is 0. The van der Waals surface area contributed by atoms with Gasteiger partial charge in [-0.3, -0.25) is 4.18 Å². The van der Waals surface area contributed by atoms with Crippen LogP contribution in [0.4, 0.5) is 0 Å². The minimum Gasteiger partial charge on any atom is -0.726 e. The third-order valence-electron chi connectivity index (χ3n) is 0.976. The van der Waals surface area contributed by atoms with Gasteiger partial charge in [-0.05, 0) is 6.42 Å². The second kappa shape index (κ2) is 8.12. The molecular weight excluding hydrogens is 195 g/mol. The maximum Gasteiger partial charge on any atom is 1.00 e. The Bertz CT molecular complexity index is 165. The van der Waals surface area contributed by atoms with Crippen LogP contribution in [0.25, 0.3) is 0 Å². The Morgan fingerprint density at radius 3 is 2.27 bits per heavy atom. The third-order valence-corrected chi connectivity index (χ3v) is 1.43. The van der Waals surface area contributed by atoms with E-state index in [1.807, 2.05) is 6.92 Å². The Balaban J connectivity index is 0. The molecule has 0 rings (SSSR count). The molecule has 6 heteroatoms. The van der Waals surface area contributed by atoms with Crippen molar-refractivity contribution >= 4 is 10.4 Å². The molecule has 0 saturated heterocycles. The Kier molecular flexibility index (Phi) is 11.1. The second-order valence-corrected chi connectivity index (χ2v) is 2.99. The summed E-state index contributed by atoms with van der Waals surface area (Å²) in [5, 5.41) is 0. The number of unbranched alkanes of at least 4 members (excludes halogenated alkanes) is 2. The molecule has 0 radical (unpaired) electrons. The van der Waals surface area contributed by atoms with Crippen LogP contribution in [0.2, 0.25) is 0 Å². The van der Waals surface area contributed by atoms with Crippen molar-refractivity contribution < 1.29 is 68.5 Å². The number of rotatable bonds is 5. The van der Waals surface area contributed by atoms with Gasteiger partial charge in [-0.15, -0.1) is 0 Å². The molecule has 0 saturated carbocycles. The van der Waals surface area contributed by atoms with Crippen molar-refractivity contribution in [3.05, 3.63) is 0 Å². The summed E-state index contributed by atoms with van der Waals surface area (Å²) in [7, 11) is -4.45. The summed E-state index contributed by atoms with van der Waals surface area (Å²) in [6.07, 6.45) is 2.48. The van der Waals surface area contributed by atoms with Crippen LogP contribution in [0.5, 0.6) is 0 Å². The molecule has 0 fully saturated rings. The molecule has 11 heavy (non-hydrogen) atoms. The maximum atomic E-state index is 9.82. The van der Waals surface area contributed by atoms with Gasteiger partial charge in [0.25, 0.3) is 0 Å². The topological polar surface area (TPSA) is 66.4 Å². The van der Waals surface area contributed by atoms with Gasteiger partial charge in [0.15, 0.2) is 0 Å². The van der Waals surface area contributed by atoms with E-state index in [0.717, 1.165) is 12.8 Å². The average Bonchev–Trinajstić information content (AvgIpc) is 1.78. The van der Waals surface area contributed by atoms with Crippen LogP contribution in [0, 0.1) is 0 Å². The second-order valence-electron chi connectivity index (χ2n) is 1.94. The molecule has 0 atom stereocenters. The van der Waals surface area contributed by atoms with E-state index in [1.165, 1.54) is 0 Å². The molecule has 0 N–H and O–H groups in total. The van der Waals surface area contributed by atoms with Gasteiger partial charge in [0, 0.05) is 0 Å². The van der Waals surface area contributed by atoms with Crippen molar-refractivity contribution in [3.8, 4) is 0 Å². The van der Waals surface area contributed by atoms with Gasteiger partial charge in [0.05, 0.1) is 6.61 Å². The molecule has 0 aromatic rings. The van der Waals surface area contributed by atoms with Gasteiger partial charge < -0.3 is 4.55 Å². The van der Waals surface area contributed by atoms with Gasteiger partial charge in [-0.1, -0.05) is 19.8 Å². The first kappa shape index (κ1) is 15.0. The fourth-order valence-corrected chi connectivity index (χ4v) is 0.835. The first-order chi connectivity index (χ1) is 4.56. The third kappa shape index (κ3) is 14.4. The number of hydrogen-bond donors (Lipinski definition) is 0. The van der Waals surface area contributed by atoms with Crippen molar-refractivity contribution in [2.45, 2.75) is 26.2 Å². The van der Waals surface area contributed by atoms with E-state index in [2.05, 4.69) is 4.18 Å². The monoisotopic (exact) mass is 206 g/mol. The van der Waals surface area contributed by atoms with Gasteiger partial charge in [-0.25, -0.2) is 8.42 Å². The standard InChI is InChI=1S/C5H12O4S.K/c1-2-3-4-5-9-10(6,7)8;/h2-5H2,1H3,(H,6,7,8);/q;+1/p-1. The molecule has 0 unspecified atom stereocenters. The van der Waals surface area contributed by atoms with Crippen molar-refractivity contribution in [1.29, 1.82) is 0 Å².